The molecule has 0 N–H and O–H groups in total. The number of carbonyl (C=O) groups is 1. The molecule has 2 aliphatic rings. The third kappa shape index (κ3) is 2.70. The lowest BCUT2D eigenvalue weighted by atomic mass is 10.0. The maximum absolute atomic E-state index is 13.0. The van der Waals surface area contributed by atoms with E-state index in [1.807, 2.05) is 36.4 Å². The number of nitrogens with zero attached hydrogens (tertiary/aromatic N) is 2. The topological polar surface area (TPSA) is 23.6 Å². The molecule has 0 radical (unpaired) electrons. The van der Waals surface area contributed by atoms with Crippen molar-refractivity contribution in [1.29, 1.82) is 0 Å². The van der Waals surface area contributed by atoms with Crippen LogP contribution in [0.5, 0.6) is 0 Å². The van der Waals surface area contributed by atoms with Crippen LogP contribution in [0.1, 0.15) is 27.5 Å². The Bertz CT molecular complexity index is 773. The van der Waals surface area contributed by atoms with Crippen molar-refractivity contribution < 1.29 is 4.79 Å². The predicted molar refractivity (Wildman–Crippen MR) is 97.0 cm³/mol. The first-order valence-electron chi connectivity index (χ1n) is 8.57. The highest BCUT2D eigenvalue weighted by atomic mass is 16.1. The molecule has 3 heteroatoms. The SMILES string of the molecule is CN1CCN(C2/C(=C\c3ccccc3)C(=O)c3ccccc32)CC1. The highest BCUT2D eigenvalue weighted by Crippen LogP contribution is 2.41. The Kier molecular flexibility index (Phi) is 4.05. The van der Waals surface area contributed by atoms with Gasteiger partial charge >= 0.3 is 0 Å². The van der Waals surface area contributed by atoms with E-state index >= 15 is 0 Å². The van der Waals surface area contributed by atoms with Gasteiger partial charge in [-0.1, -0.05) is 54.6 Å². The normalized spacial score (nSPS) is 23.6. The first-order valence-corrected chi connectivity index (χ1v) is 8.57. The van der Waals surface area contributed by atoms with Crippen molar-refractivity contribution >= 4 is 11.9 Å². The third-order valence-corrected chi connectivity index (χ3v) is 5.08. The van der Waals surface area contributed by atoms with Gasteiger partial charge in [0.1, 0.15) is 0 Å². The molecule has 2 aromatic rings. The smallest absolute Gasteiger partial charge is 0.191 e. The summed E-state index contributed by atoms with van der Waals surface area (Å²) in [4.78, 5) is 17.8. The van der Waals surface area contributed by atoms with Gasteiger partial charge in [-0.2, -0.15) is 0 Å². The van der Waals surface area contributed by atoms with Crippen LogP contribution in [0, 0.1) is 0 Å². The second kappa shape index (κ2) is 6.34. The summed E-state index contributed by atoms with van der Waals surface area (Å²) < 4.78 is 0. The summed E-state index contributed by atoms with van der Waals surface area (Å²) >= 11 is 0. The standard InChI is InChI=1S/C21H22N2O/c1-22-11-13-23(14-12-22)20-17-9-5-6-10-18(17)21(24)19(20)15-16-7-3-2-4-8-16/h2-10,15,20H,11-14H2,1H3/b19-15+. The molecule has 1 saturated heterocycles. The van der Waals surface area contributed by atoms with Gasteiger partial charge in [-0.3, -0.25) is 9.69 Å². The predicted octanol–water partition coefficient (Wildman–Crippen LogP) is 3.26. The molecule has 1 heterocycles. The molecule has 1 atom stereocenters. The van der Waals surface area contributed by atoms with Crippen LogP contribution in [0.3, 0.4) is 0 Å². The van der Waals surface area contributed by atoms with E-state index in [4.69, 9.17) is 0 Å². The molecule has 4 rings (SSSR count). The molecular formula is C21H22N2O. The van der Waals surface area contributed by atoms with Crippen LogP contribution >= 0.6 is 0 Å². The Balaban J connectivity index is 1.77. The molecule has 1 aliphatic carbocycles. The number of hydrogen-bond donors (Lipinski definition) is 0. The van der Waals surface area contributed by atoms with Crippen LogP contribution in [0.25, 0.3) is 6.08 Å². The van der Waals surface area contributed by atoms with Crippen LogP contribution in [0.15, 0.2) is 60.2 Å². The second-order valence-electron chi connectivity index (χ2n) is 6.67. The molecule has 1 fully saturated rings. The zero-order valence-electron chi connectivity index (χ0n) is 14.0. The minimum atomic E-state index is 0.0857. The van der Waals surface area contributed by atoms with Crippen molar-refractivity contribution in [2.24, 2.45) is 0 Å². The van der Waals surface area contributed by atoms with Gasteiger partial charge in [0.05, 0.1) is 6.04 Å². The molecule has 24 heavy (non-hydrogen) atoms. The molecule has 1 unspecified atom stereocenters. The number of likely N-dealkylation sites (N-methyl/N-ethyl adjacent to an activating group) is 1. The van der Waals surface area contributed by atoms with Crippen LogP contribution in [-0.4, -0.2) is 48.8 Å². The maximum Gasteiger partial charge on any atom is 0.191 e. The van der Waals surface area contributed by atoms with E-state index in [0.717, 1.165) is 48.4 Å². The second-order valence-corrected chi connectivity index (χ2v) is 6.67. The molecule has 0 amide bonds. The van der Waals surface area contributed by atoms with Gasteiger partial charge in [0.15, 0.2) is 5.78 Å². The van der Waals surface area contributed by atoms with E-state index < -0.39 is 0 Å². The van der Waals surface area contributed by atoms with Crippen molar-refractivity contribution in [3.63, 3.8) is 0 Å². The molecule has 3 nitrogen and oxygen atoms in total. The number of benzene rings is 2. The summed E-state index contributed by atoms with van der Waals surface area (Å²) in [6.07, 6.45) is 2.07. The van der Waals surface area contributed by atoms with Crippen molar-refractivity contribution in [2.45, 2.75) is 6.04 Å². The highest BCUT2D eigenvalue weighted by molar-refractivity contribution is 6.16. The number of hydrogen-bond acceptors (Lipinski definition) is 3. The Hall–Kier alpha value is -2.23. The summed E-state index contributed by atoms with van der Waals surface area (Å²) in [6.45, 7) is 4.08. The Morgan fingerprint density at radius 2 is 1.58 bits per heavy atom. The minimum Gasteiger partial charge on any atom is -0.304 e. The van der Waals surface area contributed by atoms with Gasteiger partial charge in [0.25, 0.3) is 0 Å². The van der Waals surface area contributed by atoms with Gasteiger partial charge in [0.2, 0.25) is 0 Å². The fraction of sp³-hybridized carbons (Fsp3) is 0.286. The summed E-state index contributed by atoms with van der Waals surface area (Å²) in [7, 11) is 2.16. The number of piperazine rings is 1. The molecule has 2 aromatic carbocycles. The van der Waals surface area contributed by atoms with Crippen molar-refractivity contribution in [2.75, 3.05) is 33.2 Å². The van der Waals surface area contributed by atoms with E-state index in [1.165, 1.54) is 0 Å². The summed E-state index contributed by atoms with van der Waals surface area (Å²) in [5, 5.41) is 0. The Morgan fingerprint density at radius 1 is 0.917 bits per heavy atom. The Morgan fingerprint density at radius 3 is 2.33 bits per heavy atom. The fourth-order valence-electron chi connectivity index (χ4n) is 3.74. The average molecular weight is 318 g/mol. The van der Waals surface area contributed by atoms with Crippen LogP contribution in [0.2, 0.25) is 0 Å². The lowest BCUT2D eigenvalue weighted by Gasteiger charge is -2.37. The third-order valence-electron chi connectivity index (χ3n) is 5.08. The van der Waals surface area contributed by atoms with Gasteiger partial charge < -0.3 is 4.90 Å². The number of carbonyl (C=O) groups excluding carboxylic acids is 1. The van der Waals surface area contributed by atoms with Crippen LogP contribution < -0.4 is 0 Å². The van der Waals surface area contributed by atoms with Gasteiger partial charge in [-0.05, 0) is 24.3 Å². The largest absolute Gasteiger partial charge is 0.304 e. The molecule has 122 valence electrons. The van der Waals surface area contributed by atoms with Crippen LogP contribution in [0.4, 0.5) is 0 Å². The Labute approximate surface area is 143 Å². The first kappa shape index (κ1) is 15.3. The van der Waals surface area contributed by atoms with E-state index in [9.17, 15) is 4.79 Å². The molecule has 0 aromatic heterocycles. The number of rotatable bonds is 2. The van der Waals surface area contributed by atoms with Crippen molar-refractivity contribution in [3.05, 3.63) is 76.9 Å². The van der Waals surface area contributed by atoms with Crippen molar-refractivity contribution in [3.8, 4) is 0 Å². The molecule has 0 saturated carbocycles. The lowest BCUT2D eigenvalue weighted by Crippen LogP contribution is -2.46. The zero-order valence-corrected chi connectivity index (χ0v) is 14.0. The van der Waals surface area contributed by atoms with Gasteiger partial charge in [0, 0.05) is 37.3 Å². The fourth-order valence-corrected chi connectivity index (χ4v) is 3.74. The molecule has 0 bridgehead atoms. The highest BCUT2D eigenvalue weighted by Gasteiger charge is 2.38. The summed E-state index contributed by atoms with van der Waals surface area (Å²) in [6, 6.07) is 18.3. The van der Waals surface area contributed by atoms with E-state index in [-0.39, 0.29) is 11.8 Å². The van der Waals surface area contributed by atoms with E-state index in [1.54, 1.807) is 0 Å². The number of ketones is 1. The summed E-state index contributed by atoms with van der Waals surface area (Å²) in [5.74, 6) is 0.179. The number of Topliss-reactive ketones (excluding diaryl/α,β-unsaturated/α-hetero) is 1. The van der Waals surface area contributed by atoms with Gasteiger partial charge in [-0.15, -0.1) is 0 Å². The summed E-state index contributed by atoms with van der Waals surface area (Å²) in [5.41, 5.74) is 4.03. The van der Waals surface area contributed by atoms with Crippen molar-refractivity contribution in [1.82, 2.24) is 9.80 Å². The van der Waals surface area contributed by atoms with E-state index in [0.29, 0.717) is 0 Å². The molecular weight excluding hydrogens is 296 g/mol. The molecule has 0 spiro atoms. The minimum absolute atomic E-state index is 0.0857. The number of fused-ring (bicyclic) bond motifs is 1. The van der Waals surface area contributed by atoms with Gasteiger partial charge in [-0.25, -0.2) is 0 Å². The quantitative estimate of drug-likeness (QED) is 0.794. The molecule has 1 aliphatic heterocycles. The monoisotopic (exact) mass is 318 g/mol. The lowest BCUT2D eigenvalue weighted by molar-refractivity contribution is 0.0996. The van der Waals surface area contributed by atoms with Crippen LogP contribution in [-0.2, 0) is 0 Å². The maximum atomic E-state index is 13.0. The van der Waals surface area contributed by atoms with E-state index in [2.05, 4.69) is 41.1 Å². The first-order chi connectivity index (χ1) is 11.7. The zero-order chi connectivity index (χ0) is 16.5. The average Bonchev–Trinajstić information content (AvgIpc) is 2.89.